The summed E-state index contributed by atoms with van der Waals surface area (Å²) in [5.41, 5.74) is 0.202. The number of ether oxygens (including phenoxy) is 1. The predicted octanol–water partition coefficient (Wildman–Crippen LogP) is 1.33. The molecule has 0 aromatic heterocycles. The Labute approximate surface area is 98.4 Å². The van der Waals surface area contributed by atoms with Gasteiger partial charge in [-0.1, -0.05) is 13.8 Å². The molecule has 0 rings (SSSR count). The maximum absolute atomic E-state index is 10.8. The highest BCUT2D eigenvalue weighted by atomic mass is 16.5. The molecule has 0 fully saturated rings. The summed E-state index contributed by atoms with van der Waals surface area (Å²) in [4.78, 5) is 10.8. The lowest BCUT2D eigenvalue weighted by Crippen LogP contribution is -2.30. The monoisotopic (exact) mass is 231 g/mol. The lowest BCUT2D eigenvalue weighted by molar-refractivity contribution is -0.140. The Balaban J connectivity index is 3.46. The SMILES string of the molecule is COC(=O)CCCNCC(C)(C)CCCO. The molecule has 0 bridgehead atoms. The number of nitrogens with one attached hydrogen (secondary N) is 1. The molecule has 0 radical (unpaired) electrons. The van der Waals surface area contributed by atoms with Crippen molar-refractivity contribution in [1.82, 2.24) is 5.32 Å². The van der Waals surface area contributed by atoms with Gasteiger partial charge in [-0.25, -0.2) is 0 Å². The summed E-state index contributed by atoms with van der Waals surface area (Å²) in [7, 11) is 1.41. The van der Waals surface area contributed by atoms with Gasteiger partial charge in [0.05, 0.1) is 7.11 Å². The molecule has 0 aliphatic heterocycles. The molecule has 0 aromatic carbocycles. The van der Waals surface area contributed by atoms with E-state index in [-0.39, 0.29) is 18.0 Å². The third-order valence-electron chi connectivity index (χ3n) is 2.58. The minimum absolute atomic E-state index is 0.152. The molecule has 0 spiro atoms. The molecular weight excluding hydrogens is 206 g/mol. The van der Waals surface area contributed by atoms with Crippen molar-refractivity contribution in [1.29, 1.82) is 0 Å². The number of aliphatic hydroxyl groups excluding tert-OH is 1. The molecule has 0 saturated carbocycles. The molecule has 2 N–H and O–H groups in total. The average Bonchev–Trinajstić information content (AvgIpc) is 2.25. The van der Waals surface area contributed by atoms with Crippen LogP contribution in [0.4, 0.5) is 0 Å². The zero-order valence-corrected chi connectivity index (χ0v) is 10.7. The molecule has 0 atom stereocenters. The Kier molecular flexibility index (Phi) is 8.21. The van der Waals surface area contributed by atoms with E-state index in [1.807, 2.05) is 0 Å². The first-order chi connectivity index (χ1) is 7.52. The van der Waals surface area contributed by atoms with Gasteiger partial charge in [-0.2, -0.15) is 0 Å². The third kappa shape index (κ3) is 8.68. The molecule has 0 aromatic rings. The second kappa shape index (κ2) is 8.53. The van der Waals surface area contributed by atoms with Crippen molar-refractivity contribution in [2.75, 3.05) is 26.8 Å². The van der Waals surface area contributed by atoms with Gasteiger partial charge in [0.1, 0.15) is 0 Å². The van der Waals surface area contributed by atoms with Gasteiger partial charge in [-0.15, -0.1) is 0 Å². The molecule has 4 nitrogen and oxygen atoms in total. The van der Waals surface area contributed by atoms with E-state index in [0.717, 1.165) is 32.4 Å². The Bertz CT molecular complexity index is 193. The molecule has 4 heteroatoms. The van der Waals surface area contributed by atoms with E-state index in [1.54, 1.807) is 0 Å². The Morgan fingerprint density at radius 2 is 2.06 bits per heavy atom. The Morgan fingerprint density at radius 1 is 1.38 bits per heavy atom. The van der Waals surface area contributed by atoms with E-state index in [1.165, 1.54) is 7.11 Å². The molecule has 0 unspecified atom stereocenters. The number of hydrogen-bond donors (Lipinski definition) is 2. The van der Waals surface area contributed by atoms with E-state index in [9.17, 15) is 4.79 Å². The van der Waals surface area contributed by atoms with Gasteiger partial charge in [0, 0.05) is 19.6 Å². The van der Waals surface area contributed by atoms with Gasteiger partial charge < -0.3 is 15.2 Å². The topological polar surface area (TPSA) is 58.6 Å². The average molecular weight is 231 g/mol. The summed E-state index contributed by atoms with van der Waals surface area (Å²) in [5, 5.41) is 12.1. The molecule has 0 heterocycles. The fourth-order valence-corrected chi connectivity index (χ4v) is 1.53. The smallest absolute Gasteiger partial charge is 0.305 e. The Hall–Kier alpha value is -0.610. The highest BCUT2D eigenvalue weighted by Gasteiger charge is 2.16. The number of rotatable bonds is 9. The first-order valence-electron chi connectivity index (χ1n) is 5.90. The van der Waals surface area contributed by atoms with Crippen molar-refractivity contribution >= 4 is 5.97 Å². The summed E-state index contributed by atoms with van der Waals surface area (Å²) < 4.78 is 4.56. The lowest BCUT2D eigenvalue weighted by atomic mass is 9.88. The summed E-state index contributed by atoms with van der Waals surface area (Å²) >= 11 is 0. The van der Waals surface area contributed by atoms with Crippen LogP contribution in [0.1, 0.15) is 39.5 Å². The van der Waals surface area contributed by atoms with Crippen LogP contribution in [-0.2, 0) is 9.53 Å². The van der Waals surface area contributed by atoms with Crippen LogP contribution in [0, 0.1) is 5.41 Å². The third-order valence-corrected chi connectivity index (χ3v) is 2.58. The van der Waals surface area contributed by atoms with Gasteiger partial charge in [-0.3, -0.25) is 4.79 Å². The minimum Gasteiger partial charge on any atom is -0.469 e. The van der Waals surface area contributed by atoms with Crippen LogP contribution in [0.3, 0.4) is 0 Å². The highest BCUT2D eigenvalue weighted by Crippen LogP contribution is 2.20. The number of esters is 1. The van der Waals surface area contributed by atoms with Crippen molar-refractivity contribution in [2.24, 2.45) is 5.41 Å². The van der Waals surface area contributed by atoms with Crippen LogP contribution in [0.15, 0.2) is 0 Å². The van der Waals surface area contributed by atoms with Crippen molar-refractivity contribution < 1.29 is 14.6 Å². The van der Waals surface area contributed by atoms with Crippen LogP contribution in [0.2, 0.25) is 0 Å². The first-order valence-corrected chi connectivity index (χ1v) is 5.90. The van der Waals surface area contributed by atoms with Crippen LogP contribution in [0.5, 0.6) is 0 Å². The quantitative estimate of drug-likeness (QED) is 0.464. The second-order valence-corrected chi connectivity index (χ2v) is 4.85. The molecule has 96 valence electrons. The number of carbonyl (C=O) groups is 1. The molecular formula is C12H25NO3. The van der Waals surface area contributed by atoms with Crippen LogP contribution < -0.4 is 5.32 Å². The predicted molar refractivity (Wildman–Crippen MR) is 64.2 cm³/mol. The highest BCUT2D eigenvalue weighted by molar-refractivity contribution is 5.69. The summed E-state index contributed by atoms with van der Waals surface area (Å²) in [6.07, 6.45) is 3.13. The largest absolute Gasteiger partial charge is 0.469 e. The van der Waals surface area contributed by atoms with Crippen molar-refractivity contribution in [2.45, 2.75) is 39.5 Å². The maximum atomic E-state index is 10.8. The van der Waals surface area contributed by atoms with Crippen LogP contribution in [-0.4, -0.2) is 37.9 Å². The molecule has 16 heavy (non-hydrogen) atoms. The van der Waals surface area contributed by atoms with E-state index < -0.39 is 0 Å². The van der Waals surface area contributed by atoms with Gasteiger partial charge >= 0.3 is 5.97 Å². The minimum atomic E-state index is -0.152. The van der Waals surface area contributed by atoms with Gasteiger partial charge in [0.15, 0.2) is 0 Å². The number of hydrogen-bond acceptors (Lipinski definition) is 4. The van der Waals surface area contributed by atoms with Crippen LogP contribution >= 0.6 is 0 Å². The van der Waals surface area contributed by atoms with Gasteiger partial charge in [-0.05, 0) is 31.2 Å². The zero-order chi connectivity index (χ0) is 12.4. The maximum Gasteiger partial charge on any atom is 0.305 e. The standard InChI is InChI=1S/C12H25NO3/c1-12(2,7-5-9-14)10-13-8-4-6-11(15)16-3/h13-14H,4-10H2,1-3H3. The zero-order valence-electron chi connectivity index (χ0n) is 10.7. The number of aliphatic hydroxyl groups is 1. The van der Waals surface area contributed by atoms with Crippen molar-refractivity contribution in [3.05, 3.63) is 0 Å². The van der Waals surface area contributed by atoms with Crippen molar-refractivity contribution in [3.8, 4) is 0 Å². The first kappa shape index (κ1) is 15.4. The van der Waals surface area contributed by atoms with E-state index >= 15 is 0 Å². The van der Waals surface area contributed by atoms with Crippen LogP contribution in [0.25, 0.3) is 0 Å². The second-order valence-electron chi connectivity index (χ2n) is 4.85. The molecule has 0 amide bonds. The van der Waals surface area contributed by atoms with Crippen molar-refractivity contribution in [3.63, 3.8) is 0 Å². The summed E-state index contributed by atoms with van der Waals surface area (Å²) in [6.45, 7) is 6.35. The number of carbonyl (C=O) groups excluding carboxylic acids is 1. The van der Waals surface area contributed by atoms with E-state index in [0.29, 0.717) is 6.42 Å². The number of methoxy groups -OCH3 is 1. The van der Waals surface area contributed by atoms with Gasteiger partial charge in [0.25, 0.3) is 0 Å². The molecule has 0 aliphatic carbocycles. The fraction of sp³-hybridized carbons (Fsp3) is 0.917. The van der Waals surface area contributed by atoms with E-state index in [4.69, 9.17) is 5.11 Å². The lowest BCUT2D eigenvalue weighted by Gasteiger charge is -2.24. The van der Waals surface area contributed by atoms with Gasteiger partial charge in [0.2, 0.25) is 0 Å². The summed E-state index contributed by atoms with van der Waals surface area (Å²) in [6, 6.07) is 0. The fourth-order valence-electron chi connectivity index (χ4n) is 1.53. The van der Waals surface area contributed by atoms with E-state index in [2.05, 4.69) is 23.9 Å². The Morgan fingerprint density at radius 3 is 2.62 bits per heavy atom. The summed E-state index contributed by atoms with van der Waals surface area (Å²) in [5.74, 6) is -0.152. The molecule has 0 saturated heterocycles. The normalized spacial score (nSPS) is 11.5. The molecule has 0 aliphatic rings.